The Morgan fingerprint density at radius 3 is 2.67 bits per heavy atom. The third kappa shape index (κ3) is 1.82. The Morgan fingerprint density at radius 2 is 2.07 bits per heavy atom. The van der Waals surface area contributed by atoms with Gasteiger partial charge in [0, 0.05) is 12.4 Å². The monoisotopic (exact) mass is 326 g/mol. The molecule has 15 heavy (non-hydrogen) atoms. The van der Waals surface area contributed by atoms with E-state index in [4.69, 9.17) is 0 Å². The normalized spacial score (nSPS) is 12.3. The molecular formula is C9H6F3IN2. The Hall–Kier alpha value is -0.790. The molecular weight excluding hydrogens is 320 g/mol. The number of halogens is 4. The lowest BCUT2D eigenvalue weighted by atomic mass is 10.3. The summed E-state index contributed by atoms with van der Waals surface area (Å²) in [6.45, 7) is 1.84. The lowest BCUT2D eigenvalue weighted by Gasteiger charge is -1.99. The molecule has 0 unspecified atom stereocenters. The summed E-state index contributed by atoms with van der Waals surface area (Å²) in [6, 6.07) is 1.76. The molecule has 2 nitrogen and oxygen atoms in total. The number of nitrogens with zero attached hydrogens (tertiary/aromatic N) is 2. The van der Waals surface area contributed by atoms with Crippen molar-refractivity contribution < 1.29 is 13.2 Å². The molecule has 6 heteroatoms. The summed E-state index contributed by atoms with van der Waals surface area (Å²) in [6.07, 6.45) is -1.81. The standard InChI is InChI=1S/C9H6F3IN2/c1-5-2-3-15-4-6(9(10,11)12)14-8(15)7(5)13/h2-4H,1H3. The van der Waals surface area contributed by atoms with Crippen molar-refractivity contribution in [3.8, 4) is 0 Å². The van der Waals surface area contributed by atoms with Gasteiger partial charge in [-0.25, -0.2) is 4.98 Å². The predicted molar refractivity (Wildman–Crippen MR) is 57.6 cm³/mol. The highest BCUT2D eigenvalue weighted by molar-refractivity contribution is 14.1. The second-order valence-corrected chi connectivity index (χ2v) is 4.25. The summed E-state index contributed by atoms with van der Waals surface area (Å²) >= 11 is 1.99. The smallest absolute Gasteiger partial charge is 0.306 e. The minimum Gasteiger partial charge on any atom is -0.306 e. The quantitative estimate of drug-likeness (QED) is 0.679. The first-order chi connectivity index (χ1) is 6.89. The highest BCUT2D eigenvalue weighted by atomic mass is 127. The molecule has 0 radical (unpaired) electrons. The molecule has 2 aromatic heterocycles. The molecule has 0 atom stereocenters. The van der Waals surface area contributed by atoms with Gasteiger partial charge in [0.1, 0.15) is 0 Å². The molecule has 0 aliphatic carbocycles. The number of imidazole rings is 1. The third-order valence-electron chi connectivity index (χ3n) is 2.05. The van der Waals surface area contributed by atoms with Crippen molar-refractivity contribution in [3.63, 3.8) is 0 Å². The van der Waals surface area contributed by atoms with Gasteiger partial charge in [-0.2, -0.15) is 13.2 Å². The second-order valence-electron chi connectivity index (χ2n) is 3.17. The average molecular weight is 326 g/mol. The zero-order chi connectivity index (χ0) is 11.2. The lowest BCUT2D eigenvalue weighted by molar-refractivity contribution is -0.140. The SMILES string of the molecule is Cc1ccn2cc(C(F)(F)F)nc2c1I. The molecule has 0 saturated heterocycles. The summed E-state index contributed by atoms with van der Waals surface area (Å²) < 4.78 is 39.3. The molecule has 0 fully saturated rings. The van der Waals surface area contributed by atoms with Crippen LogP contribution in [0.5, 0.6) is 0 Å². The second kappa shape index (κ2) is 3.36. The number of hydrogen-bond acceptors (Lipinski definition) is 1. The molecule has 0 aliphatic heterocycles. The number of alkyl halides is 3. The molecule has 0 amide bonds. The van der Waals surface area contributed by atoms with Crippen LogP contribution < -0.4 is 0 Å². The Morgan fingerprint density at radius 1 is 1.40 bits per heavy atom. The Balaban J connectivity index is 2.72. The van der Waals surface area contributed by atoms with Gasteiger partial charge < -0.3 is 4.40 Å². The van der Waals surface area contributed by atoms with E-state index in [9.17, 15) is 13.2 Å². The highest BCUT2D eigenvalue weighted by Gasteiger charge is 2.34. The Bertz CT molecular complexity index is 516. The molecule has 0 spiro atoms. The summed E-state index contributed by atoms with van der Waals surface area (Å²) in [4.78, 5) is 3.57. The van der Waals surface area contributed by atoms with E-state index in [2.05, 4.69) is 4.98 Å². The van der Waals surface area contributed by atoms with Gasteiger partial charge in [-0.15, -0.1) is 0 Å². The van der Waals surface area contributed by atoms with Gasteiger partial charge in [0.2, 0.25) is 0 Å². The van der Waals surface area contributed by atoms with Crippen LogP contribution in [0, 0.1) is 10.5 Å². The van der Waals surface area contributed by atoms with E-state index >= 15 is 0 Å². The van der Waals surface area contributed by atoms with Gasteiger partial charge in [0.05, 0.1) is 3.57 Å². The molecule has 0 aromatic carbocycles. The number of fused-ring (bicyclic) bond motifs is 1. The third-order valence-corrected chi connectivity index (χ3v) is 3.38. The van der Waals surface area contributed by atoms with Crippen LogP contribution in [0.25, 0.3) is 5.65 Å². The zero-order valence-electron chi connectivity index (χ0n) is 7.64. The van der Waals surface area contributed by atoms with E-state index in [0.29, 0.717) is 5.65 Å². The van der Waals surface area contributed by atoms with Crippen molar-refractivity contribution in [2.75, 3.05) is 0 Å². The fourth-order valence-electron chi connectivity index (χ4n) is 1.25. The molecule has 2 aromatic rings. The summed E-state index contributed by atoms with van der Waals surface area (Å²) in [7, 11) is 0. The van der Waals surface area contributed by atoms with Crippen molar-refractivity contribution in [1.82, 2.24) is 9.38 Å². The van der Waals surface area contributed by atoms with Crippen molar-refractivity contribution >= 4 is 28.2 Å². The Labute approximate surface area is 97.3 Å². The number of rotatable bonds is 0. The number of aromatic nitrogens is 2. The molecule has 2 heterocycles. The summed E-state index contributed by atoms with van der Waals surface area (Å²) in [5, 5.41) is 0. The number of pyridine rings is 1. The van der Waals surface area contributed by atoms with Crippen LogP contribution >= 0.6 is 22.6 Å². The minimum absolute atomic E-state index is 0.350. The van der Waals surface area contributed by atoms with E-state index in [1.165, 1.54) is 4.40 Å². The van der Waals surface area contributed by atoms with Crippen LogP contribution in [0.1, 0.15) is 11.3 Å². The van der Waals surface area contributed by atoms with Gasteiger partial charge >= 0.3 is 6.18 Å². The fourth-order valence-corrected chi connectivity index (χ4v) is 1.83. The number of aryl methyl sites for hydroxylation is 1. The van der Waals surface area contributed by atoms with Gasteiger partial charge in [-0.05, 0) is 41.1 Å². The van der Waals surface area contributed by atoms with Crippen LogP contribution in [-0.4, -0.2) is 9.38 Å². The van der Waals surface area contributed by atoms with Crippen LogP contribution in [0.15, 0.2) is 18.5 Å². The number of hydrogen-bond donors (Lipinski definition) is 0. The fraction of sp³-hybridized carbons (Fsp3) is 0.222. The van der Waals surface area contributed by atoms with Crippen molar-refractivity contribution in [1.29, 1.82) is 0 Å². The maximum atomic E-state index is 12.4. The van der Waals surface area contributed by atoms with Crippen molar-refractivity contribution in [3.05, 3.63) is 33.3 Å². The van der Waals surface area contributed by atoms with Gasteiger partial charge in [-0.3, -0.25) is 0 Å². The van der Waals surface area contributed by atoms with Gasteiger partial charge in [-0.1, -0.05) is 0 Å². The van der Waals surface area contributed by atoms with Crippen LogP contribution in [0.4, 0.5) is 13.2 Å². The van der Waals surface area contributed by atoms with Gasteiger partial charge in [0.15, 0.2) is 11.3 Å². The minimum atomic E-state index is -4.39. The first-order valence-corrected chi connectivity index (χ1v) is 5.18. The predicted octanol–water partition coefficient (Wildman–Crippen LogP) is 3.27. The first-order valence-electron chi connectivity index (χ1n) is 4.10. The van der Waals surface area contributed by atoms with E-state index < -0.39 is 11.9 Å². The van der Waals surface area contributed by atoms with Crippen LogP contribution in [0.3, 0.4) is 0 Å². The Kier molecular flexibility index (Phi) is 2.40. The van der Waals surface area contributed by atoms with Crippen molar-refractivity contribution in [2.24, 2.45) is 0 Å². The molecule has 0 aliphatic rings. The lowest BCUT2D eigenvalue weighted by Crippen LogP contribution is -2.04. The molecule has 80 valence electrons. The zero-order valence-corrected chi connectivity index (χ0v) is 9.80. The maximum Gasteiger partial charge on any atom is 0.434 e. The summed E-state index contributed by atoms with van der Waals surface area (Å²) in [5.74, 6) is 0. The molecule has 0 N–H and O–H groups in total. The van der Waals surface area contributed by atoms with Crippen molar-refractivity contribution in [2.45, 2.75) is 13.1 Å². The highest BCUT2D eigenvalue weighted by Crippen LogP contribution is 2.29. The molecule has 0 bridgehead atoms. The van der Waals surface area contributed by atoms with E-state index in [-0.39, 0.29) is 0 Å². The van der Waals surface area contributed by atoms with Gasteiger partial charge in [0.25, 0.3) is 0 Å². The summed E-state index contributed by atoms with van der Waals surface area (Å²) in [5.41, 5.74) is 0.413. The molecule has 2 rings (SSSR count). The largest absolute Gasteiger partial charge is 0.434 e. The van der Waals surface area contributed by atoms with Crippen LogP contribution in [0.2, 0.25) is 0 Å². The van der Waals surface area contributed by atoms with E-state index in [0.717, 1.165) is 15.3 Å². The molecule has 0 saturated carbocycles. The van der Waals surface area contributed by atoms with Crippen LogP contribution in [-0.2, 0) is 6.18 Å². The van der Waals surface area contributed by atoms with E-state index in [1.807, 2.05) is 29.5 Å². The average Bonchev–Trinajstić information content (AvgIpc) is 2.55. The topological polar surface area (TPSA) is 17.3 Å². The first kappa shape index (κ1) is 10.7. The maximum absolute atomic E-state index is 12.4. The van der Waals surface area contributed by atoms with E-state index in [1.54, 1.807) is 12.3 Å².